The van der Waals surface area contributed by atoms with Gasteiger partial charge < -0.3 is 23.8 Å². The van der Waals surface area contributed by atoms with Crippen LogP contribution in [0.25, 0.3) is 0 Å². The van der Waals surface area contributed by atoms with Gasteiger partial charge in [-0.3, -0.25) is 4.79 Å². The first-order valence-electron chi connectivity index (χ1n) is 12.5. The van der Waals surface area contributed by atoms with E-state index < -0.39 is 12.1 Å². The number of esters is 2. The molecule has 2 aromatic carbocycles. The van der Waals surface area contributed by atoms with E-state index in [2.05, 4.69) is 5.16 Å². The predicted octanol–water partition coefficient (Wildman–Crippen LogP) is 6.01. The van der Waals surface area contributed by atoms with Crippen LogP contribution in [0.4, 0.5) is 0 Å². The van der Waals surface area contributed by atoms with E-state index in [4.69, 9.17) is 23.8 Å². The fraction of sp³-hybridized carbons (Fsp3) is 0.345. The van der Waals surface area contributed by atoms with E-state index >= 15 is 0 Å². The average molecular weight is 540 g/mol. The van der Waals surface area contributed by atoms with Crippen molar-refractivity contribution in [2.24, 2.45) is 5.16 Å². The monoisotopic (exact) mass is 539 g/mol. The highest BCUT2D eigenvalue weighted by Crippen LogP contribution is 2.33. The van der Waals surface area contributed by atoms with E-state index in [1.807, 2.05) is 54.1 Å². The lowest BCUT2D eigenvalue weighted by molar-refractivity contribution is -0.148. The molecule has 0 fully saturated rings. The molecular formula is C29H33NO7S. The number of oxime groups is 1. The van der Waals surface area contributed by atoms with Crippen LogP contribution >= 0.6 is 11.3 Å². The summed E-state index contributed by atoms with van der Waals surface area (Å²) in [5, 5.41) is 7.95. The van der Waals surface area contributed by atoms with E-state index in [0.29, 0.717) is 36.7 Å². The van der Waals surface area contributed by atoms with Gasteiger partial charge in [-0.15, -0.1) is 0 Å². The second kappa shape index (κ2) is 15.4. The Bertz CT molecular complexity index is 1190. The summed E-state index contributed by atoms with van der Waals surface area (Å²) in [6.07, 6.45) is 1.66. The summed E-state index contributed by atoms with van der Waals surface area (Å²) in [6.45, 7) is 6.22. The lowest BCUT2D eigenvalue weighted by Crippen LogP contribution is -2.14. The summed E-state index contributed by atoms with van der Waals surface area (Å²) < 4.78 is 22.5. The summed E-state index contributed by atoms with van der Waals surface area (Å²) in [6, 6.07) is 15.3. The van der Waals surface area contributed by atoms with Gasteiger partial charge in [0.05, 0.1) is 19.4 Å². The molecule has 38 heavy (non-hydrogen) atoms. The first-order chi connectivity index (χ1) is 18.5. The van der Waals surface area contributed by atoms with Gasteiger partial charge in [-0.2, -0.15) is 11.3 Å². The van der Waals surface area contributed by atoms with Crippen molar-refractivity contribution in [3.05, 3.63) is 81.5 Å². The standard InChI is InChI=1S/C29H33NO7S/c1-4-33-28(31)13-12-26(25-9-7-6-8-21(25)3)37-27-16-24(35-18-22-14-15-38-20-22)11-10-23(27)17-30-36-19-29(32)34-5-2/h6-11,14-17,20,26H,4-5,12-13,18-19H2,1-3H3. The van der Waals surface area contributed by atoms with Crippen molar-refractivity contribution < 1.29 is 33.4 Å². The van der Waals surface area contributed by atoms with E-state index in [-0.39, 0.29) is 25.6 Å². The largest absolute Gasteiger partial charge is 0.489 e. The molecule has 1 unspecified atom stereocenters. The second-order valence-electron chi connectivity index (χ2n) is 8.24. The number of benzene rings is 2. The highest BCUT2D eigenvalue weighted by atomic mass is 32.1. The number of carbonyl (C=O) groups is 2. The first-order valence-corrected chi connectivity index (χ1v) is 13.4. The number of thiophene rings is 1. The summed E-state index contributed by atoms with van der Waals surface area (Å²) in [7, 11) is 0. The van der Waals surface area contributed by atoms with Crippen LogP contribution in [0.2, 0.25) is 0 Å². The van der Waals surface area contributed by atoms with Gasteiger partial charge in [0.15, 0.2) is 0 Å². The molecule has 0 aliphatic heterocycles. The van der Waals surface area contributed by atoms with Crippen LogP contribution in [-0.4, -0.2) is 38.0 Å². The lowest BCUT2D eigenvalue weighted by Gasteiger charge is -2.22. The molecule has 0 aliphatic carbocycles. The number of hydrogen-bond acceptors (Lipinski definition) is 9. The topological polar surface area (TPSA) is 92.7 Å². The number of carbonyl (C=O) groups excluding carboxylic acids is 2. The Morgan fingerprint density at radius 1 is 1.03 bits per heavy atom. The zero-order valence-electron chi connectivity index (χ0n) is 21.9. The van der Waals surface area contributed by atoms with Crippen LogP contribution in [0.5, 0.6) is 11.5 Å². The van der Waals surface area contributed by atoms with Crippen molar-refractivity contribution in [3.8, 4) is 11.5 Å². The smallest absolute Gasteiger partial charge is 0.347 e. The normalized spacial score (nSPS) is 11.7. The van der Waals surface area contributed by atoms with Gasteiger partial charge in [-0.25, -0.2) is 4.79 Å². The van der Waals surface area contributed by atoms with Crippen molar-refractivity contribution in [1.82, 2.24) is 0 Å². The number of rotatable bonds is 15. The molecule has 1 atom stereocenters. The maximum Gasteiger partial charge on any atom is 0.347 e. The van der Waals surface area contributed by atoms with Gasteiger partial charge in [0.25, 0.3) is 0 Å². The second-order valence-corrected chi connectivity index (χ2v) is 9.02. The number of nitrogens with zero attached hydrogens (tertiary/aromatic N) is 1. The Balaban J connectivity index is 1.85. The molecular weight excluding hydrogens is 506 g/mol. The Kier molecular flexibility index (Phi) is 11.6. The fourth-order valence-electron chi connectivity index (χ4n) is 3.60. The van der Waals surface area contributed by atoms with Gasteiger partial charge in [-0.1, -0.05) is 29.4 Å². The van der Waals surface area contributed by atoms with Gasteiger partial charge in [0, 0.05) is 18.1 Å². The molecule has 0 N–H and O–H groups in total. The minimum Gasteiger partial charge on any atom is -0.489 e. The summed E-state index contributed by atoms with van der Waals surface area (Å²) in [5.74, 6) is 0.326. The fourth-order valence-corrected chi connectivity index (χ4v) is 4.26. The average Bonchev–Trinajstić information content (AvgIpc) is 3.43. The molecule has 0 radical (unpaired) electrons. The van der Waals surface area contributed by atoms with Crippen LogP contribution in [-0.2, 0) is 30.5 Å². The van der Waals surface area contributed by atoms with E-state index in [9.17, 15) is 9.59 Å². The molecule has 9 heteroatoms. The van der Waals surface area contributed by atoms with E-state index in [0.717, 1.165) is 16.7 Å². The Hall–Kier alpha value is -3.85. The SMILES string of the molecule is CCOC(=O)CCC(Oc1cc(OCc2ccsc2)ccc1C=NOCC(=O)OCC)c1ccccc1C. The molecule has 3 rings (SSSR count). The highest BCUT2D eigenvalue weighted by molar-refractivity contribution is 7.07. The van der Waals surface area contributed by atoms with Gasteiger partial charge in [0.1, 0.15) is 24.2 Å². The molecule has 0 bridgehead atoms. The third-order valence-electron chi connectivity index (χ3n) is 5.45. The molecule has 8 nitrogen and oxygen atoms in total. The van der Waals surface area contributed by atoms with E-state index in [1.54, 1.807) is 37.3 Å². The van der Waals surface area contributed by atoms with Gasteiger partial charge >= 0.3 is 11.9 Å². The Labute approximate surface area is 227 Å². The van der Waals surface area contributed by atoms with Gasteiger partial charge in [-0.05, 0) is 72.8 Å². The lowest BCUT2D eigenvalue weighted by atomic mass is 9.99. The predicted molar refractivity (Wildman–Crippen MR) is 146 cm³/mol. The molecule has 0 amide bonds. The molecule has 0 aliphatic rings. The highest BCUT2D eigenvalue weighted by Gasteiger charge is 2.20. The van der Waals surface area contributed by atoms with Crippen molar-refractivity contribution in [2.45, 2.75) is 46.3 Å². The number of hydrogen-bond donors (Lipinski definition) is 0. The summed E-state index contributed by atoms with van der Waals surface area (Å²) in [4.78, 5) is 28.8. The number of ether oxygens (including phenoxy) is 4. The van der Waals surface area contributed by atoms with E-state index in [1.165, 1.54) is 6.21 Å². The molecule has 0 spiro atoms. The molecule has 202 valence electrons. The zero-order chi connectivity index (χ0) is 27.2. The van der Waals surface area contributed by atoms with Crippen molar-refractivity contribution in [2.75, 3.05) is 19.8 Å². The maximum atomic E-state index is 12.1. The quantitative estimate of drug-likeness (QED) is 0.133. The van der Waals surface area contributed by atoms with Crippen molar-refractivity contribution >= 4 is 29.5 Å². The van der Waals surface area contributed by atoms with Crippen molar-refractivity contribution in [1.29, 1.82) is 0 Å². The van der Waals surface area contributed by atoms with Crippen LogP contribution in [0.3, 0.4) is 0 Å². The third kappa shape index (κ3) is 9.23. The minimum atomic E-state index is -0.503. The molecule has 0 saturated carbocycles. The van der Waals surface area contributed by atoms with Crippen LogP contribution in [0, 0.1) is 6.92 Å². The molecule has 3 aromatic rings. The Morgan fingerprint density at radius 2 is 1.82 bits per heavy atom. The molecule has 1 aromatic heterocycles. The summed E-state index contributed by atoms with van der Waals surface area (Å²) in [5.41, 5.74) is 3.69. The zero-order valence-corrected chi connectivity index (χ0v) is 22.7. The van der Waals surface area contributed by atoms with Crippen LogP contribution < -0.4 is 9.47 Å². The van der Waals surface area contributed by atoms with Crippen LogP contribution in [0.1, 0.15) is 55.0 Å². The third-order valence-corrected chi connectivity index (χ3v) is 6.18. The summed E-state index contributed by atoms with van der Waals surface area (Å²) >= 11 is 1.61. The molecule has 0 saturated heterocycles. The maximum absolute atomic E-state index is 12.1. The van der Waals surface area contributed by atoms with Gasteiger partial charge in [0.2, 0.25) is 6.61 Å². The van der Waals surface area contributed by atoms with Crippen molar-refractivity contribution in [3.63, 3.8) is 0 Å². The Morgan fingerprint density at radius 3 is 2.55 bits per heavy atom. The first kappa shape index (κ1) is 28.7. The van der Waals surface area contributed by atoms with Crippen LogP contribution in [0.15, 0.2) is 64.4 Å². The minimum absolute atomic E-state index is 0.202. The molecule has 1 heterocycles. The number of aryl methyl sites for hydroxylation is 1.